The van der Waals surface area contributed by atoms with Crippen molar-refractivity contribution in [3.8, 4) is 0 Å². The van der Waals surface area contributed by atoms with Gasteiger partial charge >= 0.3 is 0 Å². The van der Waals surface area contributed by atoms with Gasteiger partial charge in [-0.2, -0.15) is 0 Å². The van der Waals surface area contributed by atoms with Crippen LogP contribution in [0.1, 0.15) is 49.0 Å². The van der Waals surface area contributed by atoms with Gasteiger partial charge < -0.3 is 10.0 Å². The smallest absolute Gasteiger partial charge is 0.267 e. The third kappa shape index (κ3) is 3.12. The number of carbonyl (C=O) groups is 1. The largest absolute Gasteiger partial charge is 0.396 e. The fraction of sp³-hybridized carbons (Fsp3) is 0.769. The number of likely N-dealkylation sites (tertiary alicyclic amines) is 1. The highest BCUT2D eigenvalue weighted by molar-refractivity contribution is 7.08. The molecule has 2 heterocycles. The molecule has 1 unspecified atom stereocenters. The van der Waals surface area contributed by atoms with Gasteiger partial charge in [0.1, 0.15) is 4.88 Å². The summed E-state index contributed by atoms with van der Waals surface area (Å²) in [5, 5.41) is 13.1. The van der Waals surface area contributed by atoms with Crippen LogP contribution < -0.4 is 0 Å². The van der Waals surface area contributed by atoms with E-state index in [1.54, 1.807) is 0 Å². The Morgan fingerprint density at radius 1 is 1.53 bits per heavy atom. The lowest BCUT2D eigenvalue weighted by atomic mass is 9.91. The fourth-order valence-corrected chi connectivity index (χ4v) is 3.25. The Labute approximate surface area is 117 Å². The van der Waals surface area contributed by atoms with Gasteiger partial charge in [-0.1, -0.05) is 25.3 Å². The average molecular weight is 283 g/mol. The summed E-state index contributed by atoms with van der Waals surface area (Å²) in [6, 6.07) is 0. The van der Waals surface area contributed by atoms with Gasteiger partial charge in [0.05, 0.1) is 5.69 Å². The van der Waals surface area contributed by atoms with E-state index in [-0.39, 0.29) is 17.9 Å². The predicted octanol–water partition coefficient (Wildman–Crippen LogP) is 1.68. The summed E-state index contributed by atoms with van der Waals surface area (Å²) in [6.45, 7) is 7.82. The first kappa shape index (κ1) is 14.4. The standard InChI is InChI=1S/C13H21N3O2S/c1-13(2,3)11-10(19-15-14-11)12(18)16-6-4-9(8-16)5-7-17/h9,17H,4-8H2,1-3H3. The second-order valence-corrected chi connectivity index (χ2v) is 6.87. The molecule has 1 saturated heterocycles. The third-order valence-electron chi connectivity index (χ3n) is 3.50. The van der Waals surface area contributed by atoms with Crippen molar-refractivity contribution in [2.75, 3.05) is 19.7 Å². The van der Waals surface area contributed by atoms with Crippen LogP contribution in [0.3, 0.4) is 0 Å². The monoisotopic (exact) mass is 283 g/mol. The van der Waals surface area contributed by atoms with E-state index in [2.05, 4.69) is 9.59 Å². The minimum atomic E-state index is -0.164. The Bertz CT molecular complexity index is 453. The van der Waals surface area contributed by atoms with Crippen molar-refractivity contribution >= 4 is 17.4 Å². The maximum absolute atomic E-state index is 12.5. The van der Waals surface area contributed by atoms with Crippen molar-refractivity contribution in [2.45, 2.75) is 39.0 Å². The summed E-state index contributed by atoms with van der Waals surface area (Å²) < 4.78 is 3.94. The summed E-state index contributed by atoms with van der Waals surface area (Å²) in [5.41, 5.74) is 0.621. The molecule has 1 aromatic rings. The Balaban J connectivity index is 2.11. The molecule has 0 bridgehead atoms. The molecular weight excluding hydrogens is 262 g/mol. The summed E-state index contributed by atoms with van der Waals surface area (Å²) >= 11 is 1.18. The molecular formula is C13H21N3O2S. The lowest BCUT2D eigenvalue weighted by Gasteiger charge is -2.20. The molecule has 1 atom stereocenters. The molecule has 5 nitrogen and oxygen atoms in total. The van der Waals surface area contributed by atoms with Gasteiger partial charge in [0.2, 0.25) is 0 Å². The summed E-state index contributed by atoms with van der Waals surface area (Å²) in [7, 11) is 0. The van der Waals surface area contributed by atoms with Gasteiger partial charge in [-0.25, -0.2) is 0 Å². The summed E-state index contributed by atoms with van der Waals surface area (Å²) in [5.74, 6) is 0.466. The van der Waals surface area contributed by atoms with Crippen molar-refractivity contribution in [1.29, 1.82) is 0 Å². The molecule has 0 aliphatic carbocycles. The van der Waals surface area contributed by atoms with Gasteiger partial charge in [0.25, 0.3) is 5.91 Å². The first-order valence-corrected chi connectivity index (χ1v) is 7.43. The van der Waals surface area contributed by atoms with Gasteiger partial charge in [-0.05, 0) is 30.3 Å². The van der Waals surface area contributed by atoms with E-state index < -0.39 is 0 Å². The van der Waals surface area contributed by atoms with Crippen LogP contribution in [0.4, 0.5) is 0 Å². The minimum absolute atomic E-state index is 0.0420. The molecule has 0 spiro atoms. The Morgan fingerprint density at radius 2 is 2.26 bits per heavy atom. The molecule has 0 aromatic carbocycles. The van der Waals surface area contributed by atoms with Crippen LogP contribution in [0.5, 0.6) is 0 Å². The highest BCUT2D eigenvalue weighted by Crippen LogP contribution is 2.29. The second kappa shape index (κ2) is 5.54. The molecule has 0 saturated carbocycles. The number of hydrogen-bond donors (Lipinski definition) is 1. The van der Waals surface area contributed by atoms with Crippen LogP contribution in [0.15, 0.2) is 0 Å². The summed E-state index contributed by atoms with van der Waals surface area (Å²) in [6.07, 6.45) is 1.75. The number of aromatic nitrogens is 2. The van der Waals surface area contributed by atoms with Crippen LogP contribution >= 0.6 is 11.5 Å². The second-order valence-electron chi connectivity index (χ2n) is 6.12. The Hall–Kier alpha value is -1.01. The molecule has 1 aliphatic heterocycles. The SMILES string of the molecule is CC(C)(C)c1nnsc1C(=O)N1CCC(CCO)C1. The molecule has 1 aromatic heterocycles. The first-order chi connectivity index (χ1) is 8.93. The molecule has 106 valence electrons. The van der Waals surface area contributed by atoms with Crippen LogP contribution in [0.25, 0.3) is 0 Å². The van der Waals surface area contributed by atoms with E-state index in [1.165, 1.54) is 11.5 Å². The van der Waals surface area contributed by atoms with Gasteiger partial charge in [0.15, 0.2) is 0 Å². The number of aliphatic hydroxyl groups is 1. The zero-order chi connectivity index (χ0) is 14.0. The van der Waals surface area contributed by atoms with Crippen LogP contribution in [0.2, 0.25) is 0 Å². The van der Waals surface area contributed by atoms with Gasteiger partial charge in [-0.15, -0.1) is 5.10 Å². The number of hydrogen-bond acceptors (Lipinski definition) is 5. The zero-order valence-corrected chi connectivity index (χ0v) is 12.5. The molecule has 1 amide bonds. The quantitative estimate of drug-likeness (QED) is 0.916. The molecule has 1 aliphatic rings. The average Bonchev–Trinajstić information content (AvgIpc) is 2.95. The van der Waals surface area contributed by atoms with Gasteiger partial charge in [-0.3, -0.25) is 4.79 Å². The fourth-order valence-electron chi connectivity index (χ4n) is 2.40. The summed E-state index contributed by atoms with van der Waals surface area (Å²) in [4.78, 5) is 15.0. The topological polar surface area (TPSA) is 66.3 Å². The number of aliphatic hydroxyl groups excluding tert-OH is 1. The van der Waals surface area contributed by atoms with E-state index >= 15 is 0 Å². The van der Waals surface area contributed by atoms with Crippen LogP contribution in [0, 0.1) is 5.92 Å². The maximum atomic E-state index is 12.5. The highest BCUT2D eigenvalue weighted by atomic mass is 32.1. The molecule has 1 fully saturated rings. The number of nitrogens with zero attached hydrogens (tertiary/aromatic N) is 3. The van der Waals surface area contributed by atoms with E-state index in [0.717, 1.165) is 31.6 Å². The zero-order valence-electron chi connectivity index (χ0n) is 11.7. The molecule has 6 heteroatoms. The number of carbonyl (C=O) groups excluding carboxylic acids is 1. The Morgan fingerprint density at radius 3 is 2.89 bits per heavy atom. The van der Waals surface area contributed by atoms with Crippen molar-refractivity contribution in [2.24, 2.45) is 5.92 Å². The maximum Gasteiger partial charge on any atom is 0.267 e. The van der Waals surface area contributed by atoms with E-state index in [1.807, 2.05) is 25.7 Å². The lowest BCUT2D eigenvalue weighted by molar-refractivity contribution is 0.0787. The Kier molecular flexibility index (Phi) is 4.20. The van der Waals surface area contributed by atoms with E-state index in [0.29, 0.717) is 10.8 Å². The van der Waals surface area contributed by atoms with E-state index in [9.17, 15) is 4.79 Å². The highest BCUT2D eigenvalue weighted by Gasteiger charge is 2.32. The third-order valence-corrected chi connectivity index (χ3v) is 4.22. The molecule has 0 radical (unpaired) electrons. The molecule has 2 rings (SSSR count). The van der Waals surface area contributed by atoms with Crippen LogP contribution in [-0.4, -0.2) is 45.2 Å². The van der Waals surface area contributed by atoms with Crippen molar-refractivity contribution in [1.82, 2.24) is 14.5 Å². The first-order valence-electron chi connectivity index (χ1n) is 6.66. The lowest BCUT2D eigenvalue weighted by Crippen LogP contribution is -2.30. The predicted molar refractivity (Wildman–Crippen MR) is 74.3 cm³/mol. The normalized spacial score (nSPS) is 20.0. The van der Waals surface area contributed by atoms with Crippen molar-refractivity contribution in [3.63, 3.8) is 0 Å². The van der Waals surface area contributed by atoms with Crippen molar-refractivity contribution in [3.05, 3.63) is 10.6 Å². The molecule has 19 heavy (non-hydrogen) atoms. The molecule has 1 N–H and O–H groups in total. The van der Waals surface area contributed by atoms with Crippen molar-refractivity contribution < 1.29 is 9.90 Å². The number of rotatable bonds is 3. The van der Waals surface area contributed by atoms with Gasteiger partial charge in [0, 0.05) is 25.1 Å². The number of amides is 1. The minimum Gasteiger partial charge on any atom is -0.396 e. The van der Waals surface area contributed by atoms with E-state index in [4.69, 9.17) is 5.11 Å². The van der Waals surface area contributed by atoms with Crippen LogP contribution in [-0.2, 0) is 5.41 Å².